The third kappa shape index (κ3) is 4.07. The van der Waals surface area contributed by atoms with E-state index < -0.39 is 11.5 Å². The van der Waals surface area contributed by atoms with Crippen molar-refractivity contribution in [3.8, 4) is 0 Å². The average molecular weight is 365 g/mol. The zero-order chi connectivity index (χ0) is 18.8. The van der Waals surface area contributed by atoms with Crippen LogP contribution in [0.25, 0.3) is 10.2 Å². The second-order valence-electron chi connectivity index (χ2n) is 6.41. The van der Waals surface area contributed by atoms with Crippen LogP contribution >= 0.6 is 11.3 Å². The summed E-state index contributed by atoms with van der Waals surface area (Å²) < 4.78 is 0. The summed E-state index contributed by atoms with van der Waals surface area (Å²) in [6.45, 7) is 7.19. The van der Waals surface area contributed by atoms with E-state index in [4.69, 9.17) is 0 Å². The average Bonchev–Trinajstić information content (AvgIpc) is 2.80. The monoisotopic (exact) mass is 365 g/mol. The Hall–Kier alpha value is -2.22. The summed E-state index contributed by atoms with van der Waals surface area (Å²) in [4.78, 5) is 44.6. The highest BCUT2D eigenvalue weighted by atomic mass is 32.1. The van der Waals surface area contributed by atoms with Crippen LogP contribution in [-0.4, -0.2) is 32.5 Å². The number of hydrogen-bond acceptors (Lipinski definition) is 5. The molecule has 2 aromatic heterocycles. The van der Waals surface area contributed by atoms with Crippen LogP contribution in [0.4, 0.5) is 0 Å². The highest BCUT2D eigenvalue weighted by Crippen LogP contribution is 2.25. The molecule has 0 saturated carbocycles. The Bertz CT molecular complexity index is 871. The van der Waals surface area contributed by atoms with E-state index in [0.717, 1.165) is 10.4 Å². The summed E-state index contributed by atoms with van der Waals surface area (Å²) in [5, 5.41) is 12.5. The quantitative estimate of drug-likeness (QED) is 0.697. The summed E-state index contributed by atoms with van der Waals surface area (Å²) in [5.41, 5.74) is -0.558. The molecule has 0 radical (unpaired) electrons. The largest absolute Gasteiger partial charge is 0.480 e. The molecule has 8 heteroatoms. The number of nitrogens with zero attached hydrogens (tertiary/aromatic N) is 1. The summed E-state index contributed by atoms with van der Waals surface area (Å²) in [7, 11) is 0. The van der Waals surface area contributed by atoms with Crippen LogP contribution in [0.15, 0.2) is 4.79 Å². The van der Waals surface area contributed by atoms with Crippen LogP contribution in [0.2, 0.25) is 0 Å². The van der Waals surface area contributed by atoms with Crippen molar-refractivity contribution in [2.24, 2.45) is 0 Å². The fourth-order valence-electron chi connectivity index (χ4n) is 2.74. The Labute approximate surface area is 149 Å². The van der Waals surface area contributed by atoms with Gasteiger partial charge in [0.2, 0.25) is 5.91 Å². The molecular weight excluding hydrogens is 342 g/mol. The second-order valence-corrected chi connectivity index (χ2v) is 7.61. The first-order valence-corrected chi connectivity index (χ1v) is 9.03. The van der Waals surface area contributed by atoms with Gasteiger partial charge < -0.3 is 15.4 Å². The van der Waals surface area contributed by atoms with Crippen molar-refractivity contribution < 1.29 is 14.7 Å². The molecule has 0 spiro atoms. The van der Waals surface area contributed by atoms with Crippen molar-refractivity contribution in [3.63, 3.8) is 0 Å². The maximum Gasteiger partial charge on any atom is 0.329 e. The molecule has 1 atom stereocenters. The van der Waals surface area contributed by atoms with E-state index in [-0.39, 0.29) is 24.3 Å². The fourth-order valence-corrected chi connectivity index (χ4v) is 3.79. The lowest BCUT2D eigenvalue weighted by atomic mass is 9.96. The third-order valence-electron chi connectivity index (χ3n) is 4.31. The molecule has 0 fully saturated rings. The highest BCUT2D eigenvalue weighted by molar-refractivity contribution is 7.18. The summed E-state index contributed by atoms with van der Waals surface area (Å²) in [5.74, 6) is -0.999. The zero-order valence-corrected chi connectivity index (χ0v) is 15.7. The van der Waals surface area contributed by atoms with Crippen molar-refractivity contribution in [2.75, 3.05) is 0 Å². The first kappa shape index (κ1) is 19.1. The van der Waals surface area contributed by atoms with Crippen molar-refractivity contribution in [3.05, 3.63) is 26.6 Å². The van der Waals surface area contributed by atoms with E-state index >= 15 is 0 Å². The second kappa shape index (κ2) is 7.35. The molecule has 2 heterocycles. The minimum atomic E-state index is -1.28. The number of carbonyl (C=O) groups excluding carboxylic acids is 1. The number of aromatic amines is 1. The Morgan fingerprint density at radius 1 is 1.36 bits per heavy atom. The van der Waals surface area contributed by atoms with Gasteiger partial charge >= 0.3 is 5.97 Å². The highest BCUT2D eigenvalue weighted by Gasteiger charge is 2.33. The predicted octanol–water partition coefficient (Wildman–Crippen LogP) is 2.29. The van der Waals surface area contributed by atoms with E-state index in [0.29, 0.717) is 28.9 Å². The van der Waals surface area contributed by atoms with Crippen LogP contribution in [0, 0.1) is 13.8 Å². The molecule has 0 aliphatic heterocycles. The van der Waals surface area contributed by atoms with E-state index in [2.05, 4.69) is 15.3 Å². The van der Waals surface area contributed by atoms with Crippen LogP contribution in [0.1, 0.15) is 49.4 Å². The number of carboxylic acids is 1. The lowest BCUT2D eigenvalue weighted by Gasteiger charge is -2.25. The molecule has 2 aromatic rings. The van der Waals surface area contributed by atoms with Gasteiger partial charge in [-0.05, 0) is 32.8 Å². The summed E-state index contributed by atoms with van der Waals surface area (Å²) in [6.07, 6.45) is 1.30. The number of hydrogen-bond donors (Lipinski definition) is 3. The van der Waals surface area contributed by atoms with Crippen molar-refractivity contribution >= 4 is 33.4 Å². The lowest BCUT2D eigenvalue weighted by molar-refractivity contribution is -0.147. The maximum absolute atomic E-state index is 12.2. The molecule has 0 aliphatic rings. The number of carbonyl (C=O) groups is 2. The van der Waals surface area contributed by atoms with Gasteiger partial charge in [0.1, 0.15) is 16.2 Å². The van der Waals surface area contributed by atoms with Gasteiger partial charge in [-0.25, -0.2) is 9.78 Å². The number of aromatic nitrogens is 2. The van der Waals surface area contributed by atoms with E-state index in [1.807, 2.05) is 20.8 Å². The normalized spacial score (nSPS) is 13.6. The van der Waals surface area contributed by atoms with Gasteiger partial charge in [-0.1, -0.05) is 13.3 Å². The van der Waals surface area contributed by atoms with Gasteiger partial charge in [-0.3, -0.25) is 9.59 Å². The van der Waals surface area contributed by atoms with Gasteiger partial charge in [0, 0.05) is 17.7 Å². The molecule has 1 amide bonds. The van der Waals surface area contributed by atoms with Gasteiger partial charge in [0.05, 0.1) is 5.39 Å². The Kier molecular flexibility index (Phi) is 5.62. The molecule has 136 valence electrons. The van der Waals surface area contributed by atoms with Gasteiger partial charge in [0.15, 0.2) is 0 Å². The number of nitrogens with one attached hydrogen (secondary N) is 2. The molecule has 0 aromatic carbocycles. The number of aliphatic carboxylic acids is 1. The number of H-pyrrole nitrogens is 1. The van der Waals surface area contributed by atoms with E-state index in [1.165, 1.54) is 18.3 Å². The number of rotatable bonds is 7. The Balaban J connectivity index is 2.11. The number of amides is 1. The molecule has 0 saturated heterocycles. The first-order valence-electron chi connectivity index (χ1n) is 8.21. The van der Waals surface area contributed by atoms with Gasteiger partial charge in [-0.2, -0.15) is 0 Å². The number of aryl methyl sites for hydroxylation is 3. The Morgan fingerprint density at radius 3 is 2.64 bits per heavy atom. The van der Waals surface area contributed by atoms with E-state index in [1.54, 1.807) is 0 Å². The fraction of sp³-hybridized carbons (Fsp3) is 0.529. The van der Waals surface area contributed by atoms with Crippen LogP contribution in [0.3, 0.4) is 0 Å². The van der Waals surface area contributed by atoms with Crippen LogP contribution < -0.4 is 10.9 Å². The topological polar surface area (TPSA) is 112 Å². The summed E-state index contributed by atoms with van der Waals surface area (Å²) >= 11 is 1.45. The molecule has 1 unspecified atom stereocenters. The number of thiophene rings is 1. The molecule has 0 aliphatic carbocycles. The van der Waals surface area contributed by atoms with Gasteiger partial charge in [0.25, 0.3) is 5.56 Å². The van der Waals surface area contributed by atoms with Gasteiger partial charge in [-0.15, -0.1) is 11.3 Å². The Morgan fingerprint density at radius 2 is 2.04 bits per heavy atom. The minimum Gasteiger partial charge on any atom is -0.480 e. The smallest absolute Gasteiger partial charge is 0.329 e. The molecule has 25 heavy (non-hydrogen) atoms. The first-order chi connectivity index (χ1) is 11.7. The standard InChI is InChI=1S/C17H23N3O4S/c1-5-8-17(4,16(23)24)20-12(21)7-6-11-18-14(22)13-9(2)10(3)25-15(13)19-11/h5-8H2,1-4H3,(H,20,21)(H,23,24)(H,18,19,22). The van der Waals surface area contributed by atoms with E-state index in [9.17, 15) is 19.5 Å². The molecule has 3 N–H and O–H groups in total. The predicted molar refractivity (Wildman–Crippen MR) is 97.1 cm³/mol. The van der Waals surface area contributed by atoms with Crippen molar-refractivity contribution in [1.29, 1.82) is 0 Å². The maximum atomic E-state index is 12.2. The zero-order valence-electron chi connectivity index (χ0n) is 14.9. The molecular formula is C17H23N3O4S. The van der Waals surface area contributed by atoms with Crippen LogP contribution in [0.5, 0.6) is 0 Å². The molecule has 7 nitrogen and oxygen atoms in total. The third-order valence-corrected chi connectivity index (χ3v) is 5.42. The van der Waals surface area contributed by atoms with Crippen LogP contribution in [-0.2, 0) is 16.0 Å². The minimum absolute atomic E-state index is 0.0599. The van der Waals surface area contributed by atoms with Crippen molar-refractivity contribution in [2.45, 2.75) is 58.9 Å². The molecule has 0 bridgehead atoms. The lowest BCUT2D eigenvalue weighted by Crippen LogP contribution is -2.52. The number of carboxylic acid groups (broad SMARTS) is 1. The van der Waals surface area contributed by atoms with Crippen molar-refractivity contribution in [1.82, 2.24) is 15.3 Å². The SMILES string of the molecule is CCCC(C)(NC(=O)CCc1nc2sc(C)c(C)c2c(=O)[nH]1)C(=O)O. The molecule has 2 rings (SSSR count). The summed E-state index contributed by atoms with van der Waals surface area (Å²) in [6, 6.07) is 0. The number of fused-ring (bicyclic) bond motifs is 1.